The summed E-state index contributed by atoms with van der Waals surface area (Å²) in [6.07, 6.45) is 2.61. The molecule has 10 heteroatoms. The van der Waals surface area contributed by atoms with E-state index in [1.165, 1.54) is 56.5 Å². The van der Waals surface area contributed by atoms with E-state index in [4.69, 9.17) is 0 Å². The van der Waals surface area contributed by atoms with Gasteiger partial charge in [-0.3, -0.25) is 19.3 Å². The number of rotatable bonds is 6. The van der Waals surface area contributed by atoms with Crippen LogP contribution in [-0.4, -0.2) is 29.8 Å². The second-order valence-electron chi connectivity index (χ2n) is 6.46. The topological polar surface area (TPSA) is 91.4 Å². The summed E-state index contributed by atoms with van der Waals surface area (Å²) >= 11 is 1.11. The minimum Gasteiger partial charge on any atom is -0.355 e. The van der Waals surface area contributed by atoms with Gasteiger partial charge in [0.05, 0.1) is 16.9 Å². The van der Waals surface area contributed by atoms with Gasteiger partial charge < -0.3 is 10.6 Å². The van der Waals surface area contributed by atoms with E-state index in [0.717, 1.165) is 22.3 Å². The molecule has 32 heavy (non-hydrogen) atoms. The van der Waals surface area contributed by atoms with Crippen LogP contribution in [0.2, 0.25) is 0 Å². The maximum Gasteiger partial charge on any atom is 0.254 e. The predicted octanol–water partition coefficient (Wildman–Crippen LogP) is 4.12. The van der Waals surface area contributed by atoms with Crippen LogP contribution in [0.5, 0.6) is 0 Å². The van der Waals surface area contributed by atoms with Gasteiger partial charge in [0.15, 0.2) is 5.13 Å². The van der Waals surface area contributed by atoms with E-state index in [2.05, 4.69) is 15.6 Å². The maximum atomic E-state index is 14.1. The van der Waals surface area contributed by atoms with Crippen molar-refractivity contribution in [2.75, 3.05) is 17.3 Å². The van der Waals surface area contributed by atoms with E-state index < -0.39 is 29.4 Å². The van der Waals surface area contributed by atoms with Crippen molar-refractivity contribution >= 4 is 51.6 Å². The molecule has 0 aliphatic rings. The van der Waals surface area contributed by atoms with Crippen molar-refractivity contribution < 1.29 is 23.2 Å². The van der Waals surface area contributed by atoms with Crippen molar-refractivity contribution in [2.24, 2.45) is 0 Å². The van der Waals surface area contributed by atoms with Gasteiger partial charge in [-0.25, -0.2) is 13.8 Å². The van der Waals surface area contributed by atoms with Gasteiger partial charge in [0.1, 0.15) is 11.6 Å². The van der Waals surface area contributed by atoms with Crippen molar-refractivity contribution in [2.45, 2.75) is 6.92 Å². The van der Waals surface area contributed by atoms with Gasteiger partial charge in [-0.1, -0.05) is 12.1 Å². The highest BCUT2D eigenvalue weighted by Crippen LogP contribution is 2.31. The Morgan fingerprint density at radius 2 is 1.84 bits per heavy atom. The number of amides is 3. The molecule has 0 aliphatic carbocycles. The number of hydrogen-bond donors (Lipinski definition) is 2. The van der Waals surface area contributed by atoms with Crippen molar-refractivity contribution in [1.82, 2.24) is 10.3 Å². The normalized spacial score (nSPS) is 10.8. The van der Waals surface area contributed by atoms with Crippen molar-refractivity contribution in [3.8, 4) is 0 Å². The van der Waals surface area contributed by atoms with Gasteiger partial charge in [-0.2, -0.15) is 0 Å². The van der Waals surface area contributed by atoms with E-state index in [9.17, 15) is 23.2 Å². The lowest BCUT2D eigenvalue weighted by atomic mass is 10.1. The highest BCUT2D eigenvalue weighted by atomic mass is 32.1. The first-order valence-electron chi connectivity index (χ1n) is 9.31. The van der Waals surface area contributed by atoms with E-state index in [-0.39, 0.29) is 22.1 Å². The molecule has 0 bridgehead atoms. The number of hydrogen-bond acceptors (Lipinski definition) is 5. The third-order valence-corrected chi connectivity index (χ3v) is 5.06. The van der Waals surface area contributed by atoms with Crippen LogP contribution in [0.1, 0.15) is 23.0 Å². The molecule has 3 aromatic rings. The van der Waals surface area contributed by atoms with E-state index in [1.807, 2.05) is 0 Å². The Balaban J connectivity index is 1.74. The number of halogens is 2. The molecule has 0 atom stereocenters. The summed E-state index contributed by atoms with van der Waals surface area (Å²) in [5, 5.41) is 6.70. The Labute approximate surface area is 186 Å². The van der Waals surface area contributed by atoms with Crippen LogP contribution in [0.15, 0.2) is 53.9 Å². The fourth-order valence-corrected chi connectivity index (χ4v) is 3.60. The summed E-state index contributed by atoms with van der Waals surface area (Å²) in [7, 11) is 1.37. The smallest absolute Gasteiger partial charge is 0.254 e. The molecule has 164 valence electrons. The van der Waals surface area contributed by atoms with E-state index >= 15 is 0 Å². The Bertz CT molecular complexity index is 1210. The van der Waals surface area contributed by atoms with Crippen LogP contribution < -0.4 is 15.5 Å². The van der Waals surface area contributed by atoms with Gasteiger partial charge in [-0.05, 0) is 36.4 Å². The molecule has 2 aromatic carbocycles. The quantitative estimate of drug-likeness (QED) is 0.546. The molecule has 0 radical (unpaired) electrons. The minimum absolute atomic E-state index is 0.0749. The fourth-order valence-electron chi connectivity index (χ4n) is 2.75. The maximum absolute atomic E-state index is 14.1. The molecule has 3 rings (SSSR count). The molecule has 0 saturated carbocycles. The number of nitrogens with zero attached hydrogens (tertiary/aromatic N) is 2. The molecular formula is C22H18F2N4O3S. The lowest BCUT2D eigenvalue weighted by Gasteiger charge is -2.18. The fraction of sp³-hybridized carbons (Fsp3) is 0.0909. The van der Waals surface area contributed by atoms with E-state index in [1.54, 1.807) is 11.4 Å². The average Bonchev–Trinajstić information content (AvgIpc) is 3.23. The van der Waals surface area contributed by atoms with Gasteiger partial charge in [0, 0.05) is 31.1 Å². The monoisotopic (exact) mass is 456 g/mol. The van der Waals surface area contributed by atoms with Crippen molar-refractivity contribution in [1.29, 1.82) is 0 Å². The summed E-state index contributed by atoms with van der Waals surface area (Å²) in [6.45, 7) is 1.30. The lowest BCUT2D eigenvalue weighted by molar-refractivity contribution is -0.116. The highest BCUT2D eigenvalue weighted by molar-refractivity contribution is 7.14. The molecule has 1 aromatic heterocycles. The first kappa shape index (κ1) is 22.8. The molecule has 0 unspecified atom stereocenters. The number of anilines is 3. The Hall–Kier alpha value is -3.92. The van der Waals surface area contributed by atoms with E-state index in [0.29, 0.717) is 5.69 Å². The van der Waals surface area contributed by atoms with Crippen molar-refractivity contribution in [3.63, 3.8) is 0 Å². The molecule has 1 heterocycles. The number of carbonyl (C=O) groups excluding carboxylic acids is 3. The molecular weight excluding hydrogens is 438 g/mol. The highest BCUT2D eigenvalue weighted by Gasteiger charge is 2.20. The number of nitrogens with one attached hydrogen (secondary N) is 2. The van der Waals surface area contributed by atoms with Crippen molar-refractivity contribution in [3.05, 3.63) is 76.8 Å². The minimum atomic E-state index is -0.710. The second-order valence-corrected chi connectivity index (χ2v) is 7.29. The first-order chi connectivity index (χ1) is 15.3. The number of benzene rings is 2. The summed E-state index contributed by atoms with van der Waals surface area (Å²) < 4.78 is 27.9. The first-order valence-corrected chi connectivity index (χ1v) is 10.2. The molecule has 0 fully saturated rings. The van der Waals surface area contributed by atoms with Gasteiger partial charge >= 0.3 is 0 Å². The SMILES string of the molecule is CNC(=O)c1cc(NC(=O)/C=C/c2csc(N(C(C)=O)c3ccccc3F)n2)ccc1F. The molecule has 7 nitrogen and oxygen atoms in total. The molecule has 3 amide bonds. The van der Waals surface area contributed by atoms with Gasteiger partial charge in [0.2, 0.25) is 11.8 Å². The Kier molecular flexibility index (Phi) is 7.06. The van der Waals surface area contributed by atoms with Crippen LogP contribution >= 0.6 is 11.3 Å². The van der Waals surface area contributed by atoms with Crippen LogP contribution in [0.4, 0.5) is 25.3 Å². The lowest BCUT2D eigenvalue weighted by Crippen LogP contribution is -2.23. The molecule has 0 saturated heterocycles. The predicted molar refractivity (Wildman–Crippen MR) is 119 cm³/mol. The van der Waals surface area contributed by atoms with Crippen LogP contribution in [0, 0.1) is 11.6 Å². The summed E-state index contributed by atoms with van der Waals surface area (Å²) in [5.41, 5.74) is 0.496. The second kappa shape index (κ2) is 9.92. The Morgan fingerprint density at radius 3 is 2.53 bits per heavy atom. The van der Waals surface area contributed by atoms with Crippen LogP contribution in [-0.2, 0) is 9.59 Å². The van der Waals surface area contributed by atoms with Crippen LogP contribution in [0.25, 0.3) is 6.08 Å². The summed E-state index contributed by atoms with van der Waals surface area (Å²) in [5.74, 6) is -2.84. The molecule has 0 aliphatic heterocycles. The molecule has 0 spiro atoms. The largest absolute Gasteiger partial charge is 0.355 e. The third kappa shape index (κ3) is 5.22. The zero-order chi connectivity index (χ0) is 23.3. The number of para-hydroxylation sites is 1. The van der Waals surface area contributed by atoms with Gasteiger partial charge in [-0.15, -0.1) is 11.3 Å². The van der Waals surface area contributed by atoms with Crippen LogP contribution in [0.3, 0.4) is 0 Å². The number of aromatic nitrogens is 1. The zero-order valence-corrected chi connectivity index (χ0v) is 17.9. The number of carbonyl (C=O) groups is 3. The zero-order valence-electron chi connectivity index (χ0n) is 17.1. The van der Waals surface area contributed by atoms with Gasteiger partial charge in [0.25, 0.3) is 5.91 Å². The molecule has 2 N–H and O–H groups in total. The number of thiazole rings is 1. The average molecular weight is 456 g/mol. The summed E-state index contributed by atoms with van der Waals surface area (Å²) in [6, 6.07) is 9.47. The summed E-state index contributed by atoms with van der Waals surface area (Å²) in [4.78, 5) is 41.4. The Morgan fingerprint density at radius 1 is 1.09 bits per heavy atom. The third-order valence-electron chi connectivity index (χ3n) is 4.22. The standard InChI is InChI=1S/C22H18F2N4O3S/c1-13(29)28(19-6-4-3-5-18(19)24)22-27-15(12-32-22)8-10-20(30)26-14-7-9-17(23)16(11-14)21(31)25-2/h3-12H,1-2H3,(H,25,31)(H,26,30)/b10-8+.